The van der Waals surface area contributed by atoms with E-state index in [1.165, 1.54) is 6.07 Å². The van der Waals surface area contributed by atoms with E-state index in [0.29, 0.717) is 0 Å². The summed E-state index contributed by atoms with van der Waals surface area (Å²) in [4.78, 5) is 4.07. The third kappa shape index (κ3) is 1.60. The average molecular weight is 305 g/mol. The fourth-order valence-corrected chi connectivity index (χ4v) is 1.88. The van der Waals surface area contributed by atoms with Crippen molar-refractivity contribution in [1.29, 1.82) is 0 Å². The van der Waals surface area contributed by atoms with E-state index in [1.54, 1.807) is 0 Å². The van der Waals surface area contributed by atoms with Crippen molar-refractivity contribution < 1.29 is 4.39 Å². The van der Waals surface area contributed by atoms with Crippen LogP contribution < -0.4 is 0 Å². The molecule has 0 aliphatic carbocycles. The van der Waals surface area contributed by atoms with Gasteiger partial charge in [-0.1, -0.05) is 12.1 Å². The molecule has 13 heavy (non-hydrogen) atoms. The molecule has 1 heterocycles. The fourth-order valence-electron chi connectivity index (χ4n) is 1.11. The van der Waals surface area contributed by atoms with Crippen LogP contribution >= 0.6 is 31.9 Å². The first-order valence-corrected chi connectivity index (χ1v) is 5.17. The van der Waals surface area contributed by atoms with Gasteiger partial charge < -0.3 is 0 Å². The van der Waals surface area contributed by atoms with Gasteiger partial charge in [0.25, 0.3) is 0 Å². The van der Waals surface area contributed by atoms with Crippen molar-refractivity contribution in [3.05, 3.63) is 39.2 Å². The Balaban J connectivity index is 2.89. The van der Waals surface area contributed by atoms with Crippen LogP contribution in [0.2, 0.25) is 0 Å². The van der Waals surface area contributed by atoms with E-state index >= 15 is 0 Å². The minimum Gasteiger partial charge on any atom is -0.237 e. The molecule has 0 amide bonds. The van der Waals surface area contributed by atoms with Gasteiger partial charge >= 0.3 is 0 Å². The maximum atomic E-state index is 13.1. The number of hydrogen-bond donors (Lipinski definition) is 0. The van der Waals surface area contributed by atoms with Crippen molar-refractivity contribution >= 4 is 42.8 Å². The summed E-state index contributed by atoms with van der Waals surface area (Å²) in [5, 5.41) is 0.787. The lowest BCUT2D eigenvalue weighted by Crippen LogP contribution is -1.85. The van der Waals surface area contributed by atoms with Crippen LogP contribution in [-0.2, 0) is 0 Å². The van der Waals surface area contributed by atoms with Crippen LogP contribution in [0.15, 0.2) is 33.3 Å². The summed E-state index contributed by atoms with van der Waals surface area (Å²) in [5.41, 5.74) is 0.760. The Morgan fingerprint density at radius 3 is 2.77 bits per heavy atom. The monoisotopic (exact) mass is 303 g/mol. The highest BCUT2D eigenvalue weighted by atomic mass is 79.9. The van der Waals surface area contributed by atoms with Crippen molar-refractivity contribution in [3.8, 4) is 0 Å². The van der Waals surface area contributed by atoms with E-state index in [0.717, 1.165) is 15.4 Å². The van der Waals surface area contributed by atoms with Crippen LogP contribution in [0, 0.1) is 5.82 Å². The van der Waals surface area contributed by atoms with Crippen LogP contribution in [0.5, 0.6) is 0 Å². The van der Waals surface area contributed by atoms with Crippen LogP contribution in [0.25, 0.3) is 10.9 Å². The van der Waals surface area contributed by atoms with E-state index in [9.17, 15) is 4.39 Å². The first-order valence-electron chi connectivity index (χ1n) is 3.59. The van der Waals surface area contributed by atoms with Gasteiger partial charge in [-0.25, -0.2) is 9.37 Å². The molecule has 0 fully saturated rings. The molecule has 0 atom stereocenters. The summed E-state index contributed by atoms with van der Waals surface area (Å²) < 4.78 is 14.2. The van der Waals surface area contributed by atoms with Crippen molar-refractivity contribution in [3.63, 3.8) is 0 Å². The largest absolute Gasteiger partial charge is 0.237 e. The van der Waals surface area contributed by atoms with Gasteiger partial charge in [0.2, 0.25) is 0 Å². The lowest BCUT2D eigenvalue weighted by atomic mass is 10.2. The minimum atomic E-state index is -0.342. The molecule has 1 aromatic carbocycles. The number of para-hydroxylation sites is 1. The summed E-state index contributed by atoms with van der Waals surface area (Å²) >= 11 is 6.39. The third-order valence-electron chi connectivity index (χ3n) is 1.71. The molecular formula is C9H4Br2FN. The van der Waals surface area contributed by atoms with Gasteiger partial charge in [-0.15, -0.1) is 0 Å². The van der Waals surface area contributed by atoms with Gasteiger partial charge in [-0.05, 0) is 44.0 Å². The number of rotatable bonds is 0. The first kappa shape index (κ1) is 9.09. The molecule has 0 N–H and O–H groups in total. The zero-order valence-electron chi connectivity index (χ0n) is 6.39. The Morgan fingerprint density at radius 1 is 1.23 bits per heavy atom. The number of pyridine rings is 1. The molecule has 0 bridgehead atoms. The molecule has 2 rings (SSSR count). The Hall–Kier alpha value is -0.480. The molecule has 0 unspecified atom stereocenters. The van der Waals surface area contributed by atoms with Crippen molar-refractivity contribution in [2.24, 2.45) is 0 Å². The average Bonchev–Trinajstić information content (AvgIpc) is 2.09. The van der Waals surface area contributed by atoms with Crippen molar-refractivity contribution in [2.75, 3.05) is 0 Å². The minimum absolute atomic E-state index is 0.243. The van der Waals surface area contributed by atoms with Crippen LogP contribution in [0.3, 0.4) is 0 Å². The molecule has 0 saturated heterocycles. The van der Waals surface area contributed by atoms with Gasteiger partial charge in [0, 0.05) is 9.86 Å². The van der Waals surface area contributed by atoms with Crippen molar-refractivity contribution in [2.45, 2.75) is 0 Å². The van der Waals surface area contributed by atoms with Crippen LogP contribution in [-0.4, -0.2) is 4.98 Å². The molecule has 66 valence electrons. The molecule has 4 heteroatoms. The summed E-state index contributed by atoms with van der Waals surface area (Å²) in [7, 11) is 0. The Kier molecular flexibility index (Phi) is 2.34. The molecule has 0 aliphatic rings. The zero-order valence-corrected chi connectivity index (χ0v) is 9.56. The molecule has 0 spiro atoms. The Labute approximate surface area is 91.2 Å². The van der Waals surface area contributed by atoms with Gasteiger partial charge in [0.15, 0.2) is 5.82 Å². The van der Waals surface area contributed by atoms with Gasteiger partial charge in [0.1, 0.15) is 4.60 Å². The zero-order chi connectivity index (χ0) is 9.42. The molecular weight excluding hydrogens is 301 g/mol. The Morgan fingerprint density at radius 2 is 2.00 bits per heavy atom. The van der Waals surface area contributed by atoms with E-state index < -0.39 is 0 Å². The van der Waals surface area contributed by atoms with E-state index in [2.05, 4.69) is 36.8 Å². The number of nitrogens with zero attached hydrogens (tertiary/aromatic N) is 1. The second kappa shape index (κ2) is 3.35. The van der Waals surface area contributed by atoms with Crippen LogP contribution in [0.4, 0.5) is 4.39 Å². The molecule has 0 aliphatic heterocycles. The molecule has 1 aromatic heterocycles. The number of aromatic nitrogens is 1. The summed E-state index contributed by atoms with van der Waals surface area (Å²) in [6.07, 6.45) is 0. The predicted octanol–water partition coefficient (Wildman–Crippen LogP) is 3.90. The van der Waals surface area contributed by atoms with Crippen molar-refractivity contribution in [1.82, 2.24) is 4.98 Å². The highest BCUT2D eigenvalue weighted by Gasteiger charge is 2.05. The topological polar surface area (TPSA) is 12.9 Å². The second-order valence-electron chi connectivity index (χ2n) is 2.57. The maximum absolute atomic E-state index is 13.1. The second-order valence-corrected chi connectivity index (χ2v) is 4.18. The molecule has 2 aromatic rings. The standard InChI is InChI=1S/C9H4Br2FN/c10-6-3-1-2-5-4-7(12)9(11)13-8(5)6/h1-4H. The molecule has 1 nitrogen and oxygen atoms in total. The predicted molar refractivity (Wildman–Crippen MR) is 57.1 cm³/mol. The summed E-state index contributed by atoms with van der Waals surface area (Å²) in [6, 6.07) is 7.00. The lowest BCUT2D eigenvalue weighted by molar-refractivity contribution is 0.616. The number of fused-ring (bicyclic) bond motifs is 1. The van der Waals surface area contributed by atoms with Gasteiger partial charge in [0.05, 0.1) is 5.52 Å². The summed E-state index contributed by atoms with van der Waals surface area (Å²) in [5.74, 6) is -0.342. The highest BCUT2D eigenvalue weighted by molar-refractivity contribution is 9.11. The van der Waals surface area contributed by atoms with E-state index in [1.807, 2.05) is 18.2 Å². The SMILES string of the molecule is Fc1cc2cccc(Br)c2nc1Br. The molecule has 0 saturated carbocycles. The number of halogens is 3. The number of benzene rings is 1. The highest BCUT2D eigenvalue weighted by Crippen LogP contribution is 2.25. The first-order chi connectivity index (χ1) is 6.18. The molecule has 0 radical (unpaired) electrons. The van der Waals surface area contributed by atoms with Gasteiger partial charge in [-0.2, -0.15) is 0 Å². The lowest BCUT2D eigenvalue weighted by Gasteiger charge is -2.00. The van der Waals surface area contributed by atoms with Crippen LogP contribution in [0.1, 0.15) is 0 Å². The number of hydrogen-bond acceptors (Lipinski definition) is 1. The normalized spacial score (nSPS) is 10.7. The quantitative estimate of drug-likeness (QED) is 0.673. The maximum Gasteiger partial charge on any atom is 0.156 e. The summed E-state index contributed by atoms with van der Waals surface area (Å²) in [6.45, 7) is 0. The smallest absolute Gasteiger partial charge is 0.156 e. The third-order valence-corrected chi connectivity index (χ3v) is 2.90. The fraction of sp³-hybridized carbons (Fsp3) is 0. The Bertz CT molecular complexity index is 470. The van der Waals surface area contributed by atoms with E-state index in [-0.39, 0.29) is 10.4 Å². The van der Waals surface area contributed by atoms with E-state index in [4.69, 9.17) is 0 Å². The van der Waals surface area contributed by atoms with Gasteiger partial charge in [-0.3, -0.25) is 0 Å².